The zero-order valence-corrected chi connectivity index (χ0v) is 70.5. The van der Waals surface area contributed by atoms with Gasteiger partial charge in [-0.25, -0.2) is 24.7 Å². The van der Waals surface area contributed by atoms with E-state index in [1.807, 2.05) is 291 Å². The van der Waals surface area contributed by atoms with E-state index < -0.39 is 5.97 Å². The Hall–Kier alpha value is -17.8. The van der Waals surface area contributed by atoms with Crippen LogP contribution in [0, 0.1) is 0 Å². The van der Waals surface area contributed by atoms with E-state index in [9.17, 15) is 4.79 Å². The van der Waals surface area contributed by atoms with Gasteiger partial charge in [0.25, 0.3) is 0 Å². The van der Waals surface area contributed by atoms with Crippen molar-refractivity contribution < 1.29 is 52.2 Å². The molecule has 20 rings (SSSR count). The van der Waals surface area contributed by atoms with Crippen molar-refractivity contribution in [2.75, 3.05) is 7.11 Å². The molecule has 0 saturated carbocycles. The zero-order chi connectivity index (χ0) is 88.8. The van der Waals surface area contributed by atoms with Crippen LogP contribution in [0.5, 0.6) is 51.7 Å². The number of benzene rings is 12. The summed E-state index contributed by atoms with van der Waals surface area (Å²) in [6, 6.07) is 107. The number of esters is 1. The van der Waals surface area contributed by atoms with Gasteiger partial charge in [0, 0.05) is 56.8 Å². The Morgan fingerprint density at radius 3 is 1.09 bits per heavy atom. The number of nitrogens with one attached hydrogen (secondary N) is 4. The molecule has 4 N–H and O–H groups in total. The van der Waals surface area contributed by atoms with Crippen LogP contribution in [0.3, 0.4) is 0 Å². The normalized spacial score (nSPS) is 10.5. The zero-order valence-electron chi connectivity index (χ0n) is 70.5. The number of carbonyl (C=O) groups is 1. The molecule has 0 aliphatic carbocycles. The molecule has 0 spiro atoms. The van der Waals surface area contributed by atoms with Crippen LogP contribution < -0.4 is 42.6 Å². The van der Waals surface area contributed by atoms with Gasteiger partial charge in [-0.3, -0.25) is 0 Å². The molecule has 0 atom stereocenters. The second-order valence-corrected chi connectivity index (χ2v) is 29.3. The molecule has 31 nitrogen and oxygen atoms in total. The lowest BCUT2D eigenvalue weighted by Crippen LogP contribution is -2.07. The van der Waals surface area contributed by atoms with Gasteiger partial charge < -0.3 is 47.4 Å². The van der Waals surface area contributed by atoms with Crippen LogP contribution in [0.25, 0.3) is 66.4 Å². The molecule has 680 valence electrons. The predicted molar refractivity (Wildman–Crippen MR) is 513 cm³/mol. The first kappa shape index (κ1) is 94.8. The maximum atomic E-state index is 12.0. The third kappa shape index (κ3) is 27.2. The number of aromatic amines is 4. The fourth-order valence-electron chi connectivity index (χ4n) is 13.4. The monoisotopic (exact) mass is 1800 g/mol. The van der Waals surface area contributed by atoms with Crippen molar-refractivity contribution in [3.05, 3.63) is 401 Å². The molecule has 0 radical (unpaired) electrons. The lowest BCUT2D eigenvalue weighted by Gasteiger charge is -2.14. The number of hydrogen-bond acceptors (Lipinski definition) is 27. The van der Waals surface area contributed by atoms with E-state index in [0.29, 0.717) is 98.8 Å². The number of H-pyrrole nitrogens is 4. The summed E-state index contributed by atoms with van der Waals surface area (Å²) >= 11 is 0. The molecule has 8 heterocycles. The average Bonchev–Trinajstić information content (AvgIpc) is 1.91. The smallest absolute Gasteiger partial charge is 0.337 e. The number of rotatable bonds is 32. The largest absolute Gasteiger partial charge is 0.489 e. The Morgan fingerprint density at radius 2 is 0.637 bits per heavy atom. The second-order valence-electron chi connectivity index (χ2n) is 29.3. The van der Waals surface area contributed by atoms with Crippen LogP contribution in [-0.4, -0.2) is 116 Å². The van der Waals surface area contributed by atoms with E-state index in [2.05, 4.69) is 127 Å². The molecular formula is C104H98N20O11. The van der Waals surface area contributed by atoms with E-state index in [1.54, 1.807) is 18.2 Å². The van der Waals surface area contributed by atoms with Gasteiger partial charge in [0.1, 0.15) is 105 Å². The van der Waals surface area contributed by atoms with Crippen molar-refractivity contribution in [3.63, 3.8) is 0 Å². The lowest BCUT2D eigenvalue weighted by atomic mass is 10.1. The van der Waals surface area contributed by atoms with Gasteiger partial charge in [-0.05, 0) is 166 Å². The molecule has 0 saturated heterocycles. The number of pyridine rings is 4. The number of para-hydroxylation sites is 4. The molecule has 12 aromatic carbocycles. The molecular weight excluding hydrogens is 1710 g/mol. The highest BCUT2D eigenvalue weighted by Gasteiger charge is 2.16. The fraction of sp³-hybridized carbons (Fsp3) is 0.144. The van der Waals surface area contributed by atoms with Gasteiger partial charge in [-0.1, -0.05) is 228 Å². The van der Waals surface area contributed by atoms with Crippen LogP contribution in [0.2, 0.25) is 0 Å². The van der Waals surface area contributed by atoms with Crippen molar-refractivity contribution in [3.8, 4) is 74.5 Å². The summed E-state index contributed by atoms with van der Waals surface area (Å²) in [4.78, 5) is 30.6. The molecule has 31 heteroatoms. The topological polar surface area (TPSA) is 379 Å². The Labute approximate surface area is 778 Å². The third-order valence-electron chi connectivity index (χ3n) is 20.1. The van der Waals surface area contributed by atoms with E-state index in [-0.39, 0.29) is 42.9 Å². The van der Waals surface area contributed by atoms with Crippen molar-refractivity contribution in [2.24, 2.45) is 0 Å². The van der Waals surface area contributed by atoms with Crippen LogP contribution in [0.15, 0.2) is 334 Å². The maximum absolute atomic E-state index is 12.0. The molecule has 0 fully saturated rings. The lowest BCUT2D eigenvalue weighted by molar-refractivity contribution is 0.0600. The molecule has 0 amide bonds. The molecule has 0 aliphatic rings. The van der Waals surface area contributed by atoms with Crippen molar-refractivity contribution in [1.29, 1.82) is 0 Å². The highest BCUT2D eigenvalue weighted by Crippen LogP contribution is 2.31. The number of hydrogen-bond donors (Lipinski definition) is 4. The van der Waals surface area contributed by atoms with Gasteiger partial charge in [0.15, 0.2) is 12.4 Å². The number of fused-ring (bicyclic) bond motifs is 4. The summed E-state index contributed by atoms with van der Waals surface area (Å²) in [5, 5.41) is 60.1. The van der Waals surface area contributed by atoms with Gasteiger partial charge in [-0.2, -0.15) is 20.9 Å². The summed E-state index contributed by atoms with van der Waals surface area (Å²) in [5.74, 6) is 7.98. The minimum atomic E-state index is -0.470. The number of ether oxygens (including phenoxy) is 10. The Kier molecular flexibility index (Phi) is 33.7. The Balaban J connectivity index is 0.000000151. The van der Waals surface area contributed by atoms with E-state index in [1.165, 1.54) is 7.11 Å². The third-order valence-corrected chi connectivity index (χ3v) is 20.1. The Morgan fingerprint density at radius 1 is 0.267 bits per heavy atom. The number of aromatic nitrogens is 20. The molecule has 0 unspecified atom stereocenters. The van der Waals surface area contributed by atoms with Gasteiger partial charge in [0.2, 0.25) is 17.5 Å². The predicted octanol–water partition coefficient (Wildman–Crippen LogP) is 20.5. The summed E-state index contributed by atoms with van der Waals surface area (Å²) in [7, 11) is 1.32. The number of nitrogens with zero attached hydrogens (tertiary/aromatic N) is 16. The number of carbonyl (C=O) groups excluding carboxylic acids is 1. The SMILES string of the molecule is C.C.C.C.COC(=O)c1ccc(COc2cccc(OCc3ccc4ccccc4n3)c2)c(OCc2nn[nH]n2)c1.c1cc(COc2cccc(-c3nn[nH]n3)c2)cc(OCc2ccc3ccccc3n2)c1.c1cc(OCc2ccc(-c3nn[nH]n3)cc2)cc(OCc2ccc3ccccc3n2)c1.c1ccc2nc(COc3ccc(COc4ccc(Cc5nn[nH]n5)cc4)cc3)ccc2c1. The summed E-state index contributed by atoms with van der Waals surface area (Å²) in [5.41, 5.74) is 14.4. The molecule has 20 aromatic rings. The van der Waals surface area contributed by atoms with Crippen LogP contribution in [0.1, 0.15) is 102 Å². The fourth-order valence-corrected chi connectivity index (χ4v) is 13.4. The van der Waals surface area contributed by atoms with Crippen LogP contribution in [0.4, 0.5) is 0 Å². The molecule has 0 bridgehead atoms. The second kappa shape index (κ2) is 48.0. The standard InChI is InChI=1S/C27H23N5O5.C25H21N5O2.2C24H19N5O2.4CH4/c1-34-27(33)19-9-10-20(25(13-19)37-17-26-29-31-32-30-26)15-35-22-6-4-7-23(14-22)36-16-21-12-11-18-5-2-3-8-24(18)28-21;1-2-4-24-20(3-1)9-10-21(26-24)17-32-23-13-7-19(8-14-23)16-31-22-11-5-18(6-12-22)15-25-27-29-30-28-25;1-2-10-23-18(6-1)11-12-20(25-23)16-31-21-8-3-5-17(13-21)15-30-22-9-4-7-19(14-22)24-26-28-29-27-24;1-2-7-23-18(4-1)12-13-20(25-23)16-31-22-6-3-5-21(14-22)30-15-17-8-10-19(11-9-17)24-26-28-29-27-24;;;;/h2-14H,15-17H2,1H3,(H,29,30,31,32);1-14H,15-17H2,(H,27,28,29,30);2*1-14H,15-16H2,(H,26,27,28,29);4*1H4. The minimum Gasteiger partial charge on any atom is -0.489 e. The average molecular weight is 1800 g/mol. The van der Waals surface area contributed by atoms with E-state index >= 15 is 0 Å². The highest BCUT2D eigenvalue weighted by molar-refractivity contribution is 5.90. The number of tetrazole rings is 4. The van der Waals surface area contributed by atoms with Crippen molar-refractivity contribution in [2.45, 2.75) is 95.6 Å². The van der Waals surface area contributed by atoms with Gasteiger partial charge in [0.05, 0.1) is 57.5 Å². The summed E-state index contributed by atoms with van der Waals surface area (Å²) < 4.78 is 58.2. The maximum Gasteiger partial charge on any atom is 0.337 e. The molecule has 0 aliphatic heterocycles. The molecule has 135 heavy (non-hydrogen) atoms. The number of methoxy groups -OCH3 is 1. The first-order chi connectivity index (χ1) is 64.7. The van der Waals surface area contributed by atoms with E-state index in [4.69, 9.17) is 47.4 Å². The highest BCUT2D eigenvalue weighted by atomic mass is 16.5. The van der Waals surface area contributed by atoms with Crippen LogP contribution >= 0.6 is 0 Å². The first-order valence-corrected chi connectivity index (χ1v) is 41.5. The summed E-state index contributed by atoms with van der Waals surface area (Å²) in [6.07, 6.45) is 0.632. The van der Waals surface area contributed by atoms with Crippen molar-refractivity contribution in [1.82, 2.24) is 102 Å². The Bertz CT molecular complexity index is 7070. The molecule has 8 aromatic heterocycles. The van der Waals surface area contributed by atoms with Crippen LogP contribution in [-0.2, 0) is 70.6 Å². The van der Waals surface area contributed by atoms with E-state index in [0.717, 1.165) is 140 Å². The van der Waals surface area contributed by atoms with Crippen molar-refractivity contribution >= 4 is 49.6 Å². The van der Waals surface area contributed by atoms with Gasteiger partial charge in [-0.15, -0.1) is 40.8 Å². The van der Waals surface area contributed by atoms with Gasteiger partial charge >= 0.3 is 5.97 Å². The quantitative estimate of drug-likeness (QED) is 0.0284. The summed E-state index contributed by atoms with van der Waals surface area (Å²) in [6.45, 7) is 3.17. The minimum absolute atomic E-state index is 0. The first-order valence-electron chi connectivity index (χ1n) is 41.5.